The summed E-state index contributed by atoms with van der Waals surface area (Å²) < 4.78 is 15.7. The van der Waals surface area contributed by atoms with E-state index in [0.717, 1.165) is 0 Å². The Balaban J connectivity index is 1.85. The molecule has 2 rings (SSSR count). The predicted molar refractivity (Wildman–Crippen MR) is 96.5 cm³/mol. The van der Waals surface area contributed by atoms with E-state index in [1.54, 1.807) is 42.5 Å². The lowest BCUT2D eigenvalue weighted by Gasteiger charge is -2.08. The number of nitrogens with one attached hydrogen (secondary N) is 1. The summed E-state index contributed by atoms with van der Waals surface area (Å²) in [5, 5.41) is 21.1. The second-order valence-electron chi connectivity index (χ2n) is 5.08. The maximum absolute atomic E-state index is 11.7. The van der Waals surface area contributed by atoms with Gasteiger partial charge in [0.15, 0.2) is 24.7 Å². The molecule has 0 aliphatic heterocycles. The van der Waals surface area contributed by atoms with Crippen molar-refractivity contribution in [2.45, 2.75) is 0 Å². The second-order valence-corrected chi connectivity index (χ2v) is 5.08. The van der Waals surface area contributed by atoms with Crippen molar-refractivity contribution in [1.82, 2.24) is 5.43 Å². The zero-order valence-corrected chi connectivity index (χ0v) is 14.5. The molecule has 27 heavy (non-hydrogen) atoms. The monoisotopic (exact) mass is 364 g/mol. The predicted octanol–water partition coefficient (Wildman–Crippen LogP) is 2.00. The van der Waals surface area contributed by atoms with Crippen molar-refractivity contribution in [3.8, 4) is 29.4 Å². The number of methoxy groups -OCH3 is 1. The Labute approximate surface area is 156 Å². The third-order valence-corrected chi connectivity index (χ3v) is 3.24. The molecule has 0 bridgehead atoms. The van der Waals surface area contributed by atoms with Crippen LogP contribution < -0.4 is 19.6 Å². The van der Waals surface area contributed by atoms with E-state index in [1.165, 1.54) is 13.3 Å². The summed E-state index contributed by atoms with van der Waals surface area (Å²) in [4.78, 5) is 11.7. The van der Waals surface area contributed by atoms with Crippen LogP contribution in [0.4, 0.5) is 0 Å². The number of nitriles is 2. The summed E-state index contributed by atoms with van der Waals surface area (Å²) in [5.41, 5.74) is 3.53. The quantitative estimate of drug-likeness (QED) is 0.565. The molecule has 0 heterocycles. The van der Waals surface area contributed by atoms with E-state index in [1.807, 2.05) is 12.1 Å². The van der Waals surface area contributed by atoms with Crippen LogP contribution in [-0.4, -0.2) is 32.4 Å². The number of nitrogens with zero attached hydrogens (tertiary/aromatic N) is 3. The number of hydrazone groups is 1. The molecule has 8 heteroatoms. The average Bonchev–Trinajstić information content (AvgIpc) is 2.71. The highest BCUT2D eigenvalue weighted by Crippen LogP contribution is 2.27. The molecule has 0 atom stereocenters. The summed E-state index contributed by atoms with van der Waals surface area (Å²) in [7, 11) is 1.48. The smallest absolute Gasteiger partial charge is 0.277 e. The van der Waals surface area contributed by atoms with Crippen LogP contribution in [0.2, 0.25) is 0 Å². The molecule has 0 aliphatic rings. The van der Waals surface area contributed by atoms with Crippen molar-refractivity contribution in [1.29, 1.82) is 10.5 Å². The summed E-state index contributed by atoms with van der Waals surface area (Å²) in [6, 6.07) is 15.3. The third-order valence-electron chi connectivity index (χ3n) is 3.24. The van der Waals surface area contributed by atoms with Crippen LogP contribution in [0, 0.1) is 22.7 Å². The van der Waals surface area contributed by atoms with E-state index in [4.69, 9.17) is 24.7 Å². The molecule has 0 aromatic heterocycles. The van der Waals surface area contributed by atoms with E-state index in [2.05, 4.69) is 10.5 Å². The van der Waals surface area contributed by atoms with E-state index >= 15 is 0 Å². The number of ether oxygens (including phenoxy) is 3. The minimum absolute atomic E-state index is 0.0842. The van der Waals surface area contributed by atoms with Gasteiger partial charge in [-0.05, 0) is 48.0 Å². The number of carbonyl (C=O) groups excluding carboxylic acids is 1. The van der Waals surface area contributed by atoms with Gasteiger partial charge in [0.1, 0.15) is 11.8 Å². The van der Waals surface area contributed by atoms with Crippen molar-refractivity contribution in [3.05, 3.63) is 53.6 Å². The molecule has 0 spiro atoms. The van der Waals surface area contributed by atoms with Gasteiger partial charge in [-0.3, -0.25) is 4.79 Å². The van der Waals surface area contributed by atoms with Crippen molar-refractivity contribution in [2.75, 3.05) is 20.3 Å². The van der Waals surface area contributed by atoms with Gasteiger partial charge in [-0.2, -0.15) is 15.6 Å². The zero-order chi connectivity index (χ0) is 19.5. The molecule has 0 saturated heterocycles. The van der Waals surface area contributed by atoms with Crippen molar-refractivity contribution >= 4 is 12.1 Å². The summed E-state index contributed by atoms with van der Waals surface area (Å²) in [6.07, 6.45) is 1.44. The molecule has 0 radical (unpaired) electrons. The van der Waals surface area contributed by atoms with Crippen LogP contribution in [0.1, 0.15) is 11.1 Å². The van der Waals surface area contributed by atoms with Crippen LogP contribution in [0.5, 0.6) is 17.2 Å². The fraction of sp³-hybridized carbons (Fsp3) is 0.158. The van der Waals surface area contributed by atoms with Crippen LogP contribution >= 0.6 is 0 Å². The summed E-state index contributed by atoms with van der Waals surface area (Å²) >= 11 is 0. The van der Waals surface area contributed by atoms with Crippen molar-refractivity contribution in [2.24, 2.45) is 5.10 Å². The standard InChI is InChI=1S/C19H16N4O4/c1-25-18-10-15(4-7-17(18)26-9-8-20)12-22-23-19(24)13-27-16-5-2-14(11-21)3-6-16/h2-7,10,12H,9,13H2,1H3,(H,23,24)/b22-12+. The van der Waals surface area contributed by atoms with E-state index < -0.39 is 5.91 Å². The molecule has 0 aliphatic carbocycles. The fourth-order valence-corrected chi connectivity index (χ4v) is 1.98. The van der Waals surface area contributed by atoms with Gasteiger partial charge in [-0.15, -0.1) is 0 Å². The summed E-state index contributed by atoms with van der Waals surface area (Å²) in [5.74, 6) is 0.933. The molecule has 1 N–H and O–H groups in total. The van der Waals surface area contributed by atoms with Gasteiger partial charge in [0.05, 0.1) is 25.0 Å². The first kappa shape index (κ1) is 19.3. The lowest BCUT2D eigenvalue weighted by molar-refractivity contribution is -0.123. The molecule has 0 unspecified atom stereocenters. The van der Waals surface area contributed by atoms with Gasteiger partial charge >= 0.3 is 0 Å². The van der Waals surface area contributed by atoms with Gasteiger partial charge in [-0.25, -0.2) is 5.43 Å². The van der Waals surface area contributed by atoms with Crippen molar-refractivity contribution < 1.29 is 19.0 Å². The minimum Gasteiger partial charge on any atom is -0.493 e. The lowest BCUT2D eigenvalue weighted by Crippen LogP contribution is -2.24. The van der Waals surface area contributed by atoms with Crippen molar-refractivity contribution in [3.63, 3.8) is 0 Å². The molecular weight excluding hydrogens is 348 g/mol. The fourth-order valence-electron chi connectivity index (χ4n) is 1.98. The largest absolute Gasteiger partial charge is 0.493 e. The normalized spacial score (nSPS) is 9.89. The number of amides is 1. The van der Waals surface area contributed by atoms with Crippen LogP contribution in [0.15, 0.2) is 47.6 Å². The average molecular weight is 364 g/mol. The third kappa shape index (κ3) is 6.07. The number of hydrogen-bond donors (Lipinski definition) is 1. The van der Waals surface area contributed by atoms with Crippen LogP contribution in [0.25, 0.3) is 0 Å². The Hall–Kier alpha value is -4.04. The topological polar surface area (TPSA) is 117 Å². The van der Waals surface area contributed by atoms with Gasteiger partial charge in [0.25, 0.3) is 5.91 Å². The number of carbonyl (C=O) groups is 1. The highest BCUT2D eigenvalue weighted by atomic mass is 16.5. The molecule has 2 aromatic carbocycles. The maximum atomic E-state index is 11.7. The van der Waals surface area contributed by atoms with E-state index in [0.29, 0.717) is 28.4 Å². The van der Waals surface area contributed by atoms with Gasteiger partial charge in [-0.1, -0.05) is 0 Å². The second kappa shape index (κ2) is 10.1. The molecule has 2 aromatic rings. The Bertz CT molecular complexity index is 895. The molecule has 8 nitrogen and oxygen atoms in total. The first-order valence-corrected chi connectivity index (χ1v) is 7.79. The highest BCUT2D eigenvalue weighted by Gasteiger charge is 2.05. The zero-order valence-electron chi connectivity index (χ0n) is 14.5. The first-order valence-electron chi connectivity index (χ1n) is 7.79. The van der Waals surface area contributed by atoms with Gasteiger partial charge in [0, 0.05) is 0 Å². The Morgan fingerprint density at radius 1 is 1.15 bits per heavy atom. The first-order chi connectivity index (χ1) is 13.2. The van der Waals surface area contributed by atoms with Gasteiger partial charge in [0.2, 0.25) is 0 Å². The Kier molecular flexibility index (Phi) is 7.19. The van der Waals surface area contributed by atoms with Crippen LogP contribution in [0.3, 0.4) is 0 Å². The van der Waals surface area contributed by atoms with Gasteiger partial charge < -0.3 is 14.2 Å². The van der Waals surface area contributed by atoms with E-state index in [-0.39, 0.29) is 13.2 Å². The number of hydrogen-bond acceptors (Lipinski definition) is 7. The molecular formula is C19H16N4O4. The highest BCUT2D eigenvalue weighted by molar-refractivity contribution is 5.83. The Morgan fingerprint density at radius 3 is 2.59 bits per heavy atom. The SMILES string of the molecule is COc1cc(/C=N/NC(=O)COc2ccc(C#N)cc2)ccc1OCC#N. The maximum Gasteiger partial charge on any atom is 0.277 e. The summed E-state index contributed by atoms with van der Waals surface area (Å²) in [6.45, 7) is -0.299. The minimum atomic E-state index is -0.434. The molecule has 0 fully saturated rings. The Morgan fingerprint density at radius 2 is 1.93 bits per heavy atom. The van der Waals surface area contributed by atoms with E-state index in [9.17, 15) is 4.79 Å². The molecule has 1 amide bonds. The molecule has 136 valence electrons. The number of rotatable bonds is 8. The lowest BCUT2D eigenvalue weighted by atomic mass is 10.2. The van der Waals surface area contributed by atoms with Crippen LogP contribution in [-0.2, 0) is 4.79 Å². The number of benzene rings is 2. The molecule has 0 saturated carbocycles.